The fourth-order valence-corrected chi connectivity index (χ4v) is 1.39. The summed E-state index contributed by atoms with van der Waals surface area (Å²) in [6.45, 7) is 3.77. The van der Waals surface area contributed by atoms with Gasteiger partial charge in [0.05, 0.1) is 6.61 Å². The molecule has 5 heteroatoms. The van der Waals surface area contributed by atoms with E-state index in [-0.39, 0.29) is 19.0 Å². The highest BCUT2D eigenvalue weighted by Gasteiger charge is 2.15. The first-order valence-electron chi connectivity index (χ1n) is 6.80. The van der Waals surface area contributed by atoms with Crippen molar-refractivity contribution in [3.8, 4) is 0 Å². The van der Waals surface area contributed by atoms with E-state index >= 15 is 0 Å². The lowest BCUT2D eigenvalue weighted by Crippen LogP contribution is -2.15. The van der Waals surface area contributed by atoms with Gasteiger partial charge in [-0.15, -0.1) is 0 Å². The average molecular weight is 272 g/mol. The molecule has 0 fully saturated rings. The molecule has 0 heterocycles. The van der Waals surface area contributed by atoms with Crippen molar-refractivity contribution in [1.29, 1.82) is 0 Å². The van der Waals surface area contributed by atoms with E-state index in [1.807, 2.05) is 0 Å². The molecule has 0 saturated heterocycles. The van der Waals surface area contributed by atoms with Gasteiger partial charge in [-0.3, -0.25) is 4.79 Å². The zero-order chi connectivity index (χ0) is 14.5. The monoisotopic (exact) mass is 272 g/mol. The third-order valence-corrected chi connectivity index (χ3v) is 2.46. The van der Waals surface area contributed by atoms with Crippen LogP contribution in [0.3, 0.4) is 0 Å². The number of rotatable bonds is 10. The molecule has 110 valence electrons. The van der Waals surface area contributed by atoms with Crippen LogP contribution in [0.5, 0.6) is 0 Å². The van der Waals surface area contributed by atoms with Crippen molar-refractivity contribution < 1.29 is 24.2 Å². The lowest BCUT2D eigenvalue weighted by atomic mass is 10.2. The predicted octanol–water partition coefficient (Wildman–Crippen LogP) is 2.33. The molecule has 19 heavy (non-hydrogen) atoms. The van der Waals surface area contributed by atoms with E-state index in [1.54, 1.807) is 6.92 Å². The fraction of sp³-hybridized carbons (Fsp3) is 0.714. The molecular formula is C14H24O5. The van der Waals surface area contributed by atoms with Crippen molar-refractivity contribution in [2.45, 2.75) is 52.4 Å². The Labute approximate surface area is 114 Å². The second-order valence-electron chi connectivity index (χ2n) is 4.15. The molecule has 0 aliphatic rings. The standard InChI is InChI=1S/C14H24O5/c1-3-5-6-7-9-13(16)19-12(4-2)14(17)18-11-8-10-15/h4,15H,3,5-11H2,1-2H3. The van der Waals surface area contributed by atoms with Gasteiger partial charge >= 0.3 is 11.9 Å². The molecule has 1 N–H and O–H groups in total. The summed E-state index contributed by atoms with van der Waals surface area (Å²) in [5.41, 5.74) is 0. The highest BCUT2D eigenvalue weighted by molar-refractivity contribution is 5.89. The third kappa shape index (κ3) is 9.25. The maximum Gasteiger partial charge on any atom is 0.374 e. The van der Waals surface area contributed by atoms with Gasteiger partial charge in [0.15, 0.2) is 0 Å². The average Bonchev–Trinajstić information content (AvgIpc) is 2.41. The predicted molar refractivity (Wildman–Crippen MR) is 71.3 cm³/mol. The van der Waals surface area contributed by atoms with Gasteiger partial charge in [0.2, 0.25) is 5.76 Å². The minimum atomic E-state index is -0.669. The van der Waals surface area contributed by atoms with Gasteiger partial charge in [-0.05, 0) is 19.4 Å². The van der Waals surface area contributed by atoms with E-state index in [4.69, 9.17) is 14.6 Å². The summed E-state index contributed by atoms with van der Waals surface area (Å²) < 4.78 is 9.79. The van der Waals surface area contributed by atoms with Gasteiger partial charge in [0.1, 0.15) is 0 Å². The molecule has 0 bridgehead atoms. The van der Waals surface area contributed by atoms with Crippen LogP contribution in [0.2, 0.25) is 0 Å². The van der Waals surface area contributed by atoms with Crippen LogP contribution in [0.15, 0.2) is 11.8 Å². The number of unbranched alkanes of at least 4 members (excludes halogenated alkanes) is 3. The van der Waals surface area contributed by atoms with Gasteiger partial charge in [-0.2, -0.15) is 0 Å². The molecule has 0 aliphatic heterocycles. The number of aliphatic hydroxyl groups excluding tert-OH is 1. The molecule has 0 atom stereocenters. The molecule has 0 aromatic heterocycles. The van der Waals surface area contributed by atoms with Gasteiger partial charge in [0, 0.05) is 19.4 Å². The molecular weight excluding hydrogens is 248 g/mol. The maximum absolute atomic E-state index is 11.5. The van der Waals surface area contributed by atoms with E-state index in [0.29, 0.717) is 12.8 Å². The number of allylic oxidation sites excluding steroid dienone is 1. The van der Waals surface area contributed by atoms with Crippen molar-refractivity contribution in [3.05, 3.63) is 11.8 Å². The van der Waals surface area contributed by atoms with Crippen molar-refractivity contribution in [2.24, 2.45) is 0 Å². The Morgan fingerprint density at radius 1 is 1.16 bits per heavy atom. The molecule has 0 aliphatic carbocycles. The van der Waals surface area contributed by atoms with Crippen LogP contribution in [0.25, 0.3) is 0 Å². The van der Waals surface area contributed by atoms with Gasteiger partial charge in [-0.1, -0.05) is 26.2 Å². The fourth-order valence-electron chi connectivity index (χ4n) is 1.39. The molecule has 0 unspecified atom stereocenters. The second kappa shape index (κ2) is 11.7. The van der Waals surface area contributed by atoms with Gasteiger partial charge in [-0.25, -0.2) is 4.79 Å². The minimum Gasteiger partial charge on any atom is -0.460 e. The zero-order valence-corrected chi connectivity index (χ0v) is 11.8. The summed E-state index contributed by atoms with van der Waals surface area (Å²) >= 11 is 0. The Morgan fingerprint density at radius 2 is 1.89 bits per heavy atom. The number of hydrogen-bond acceptors (Lipinski definition) is 5. The van der Waals surface area contributed by atoms with Crippen LogP contribution in [0.1, 0.15) is 52.4 Å². The molecule has 0 spiro atoms. The van der Waals surface area contributed by atoms with Crippen LogP contribution in [0, 0.1) is 0 Å². The smallest absolute Gasteiger partial charge is 0.374 e. The number of esters is 2. The SMILES string of the molecule is CC=C(OC(=O)CCCCCC)C(=O)OCCCO. The second-order valence-corrected chi connectivity index (χ2v) is 4.15. The summed E-state index contributed by atoms with van der Waals surface area (Å²) in [7, 11) is 0. The van der Waals surface area contributed by atoms with Gasteiger partial charge < -0.3 is 14.6 Å². The molecule has 0 radical (unpaired) electrons. The normalized spacial score (nSPS) is 11.2. The molecule has 0 saturated carbocycles. The molecule has 0 aromatic rings. The van der Waals surface area contributed by atoms with Crippen LogP contribution >= 0.6 is 0 Å². The molecule has 0 amide bonds. The molecule has 5 nitrogen and oxygen atoms in total. The Hall–Kier alpha value is -1.36. The lowest BCUT2D eigenvalue weighted by Gasteiger charge is -2.08. The van der Waals surface area contributed by atoms with Crippen LogP contribution in [-0.2, 0) is 19.1 Å². The van der Waals surface area contributed by atoms with E-state index in [1.165, 1.54) is 6.08 Å². The summed E-state index contributed by atoms with van der Waals surface area (Å²) in [6, 6.07) is 0. The van der Waals surface area contributed by atoms with E-state index < -0.39 is 11.9 Å². The van der Waals surface area contributed by atoms with Crippen LogP contribution in [-0.4, -0.2) is 30.3 Å². The summed E-state index contributed by atoms with van der Waals surface area (Å²) in [4.78, 5) is 23.0. The number of carbonyl (C=O) groups is 2. The first-order chi connectivity index (χ1) is 9.15. The maximum atomic E-state index is 11.5. The van der Waals surface area contributed by atoms with Crippen molar-refractivity contribution in [2.75, 3.05) is 13.2 Å². The summed E-state index contributed by atoms with van der Waals surface area (Å²) in [5.74, 6) is -1.17. The van der Waals surface area contributed by atoms with E-state index in [9.17, 15) is 9.59 Å². The summed E-state index contributed by atoms with van der Waals surface area (Å²) in [6.07, 6.45) is 6.03. The Kier molecular flexibility index (Phi) is 10.9. The first-order valence-corrected chi connectivity index (χ1v) is 6.80. The first kappa shape index (κ1) is 17.6. The topological polar surface area (TPSA) is 72.8 Å². The summed E-state index contributed by atoms with van der Waals surface area (Å²) in [5, 5.41) is 8.57. The zero-order valence-electron chi connectivity index (χ0n) is 11.8. The van der Waals surface area contributed by atoms with E-state index in [0.717, 1.165) is 25.7 Å². The third-order valence-electron chi connectivity index (χ3n) is 2.46. The molecule has 0 rings (SSSR count). The Balaban J connectivity index is 3.97. The molecule has 0 aromatic carbocycles. The lowest BCUT2D eigenvalue weighted by molar-refractivity contribution is -0.151. The van der Waals surface area contributed by atoms with Gasteiger partial charge in [0.25, 0.3) is 0 Å². The minimum absolute atomic E-state index is 0.0460. The van der Waals surface area contributed by atoms with Crippen molar-refractivity contribution in [3.63, 3.8) is 0 Å². The number of carbonyl (C=O) groups excluding carboxylic acids is 2. The van der Waals surface area contributed by atoms with Crippen molar-refractivity contribution in [1.82, 2.24) is 0 Å². The van der Waals surface area contributed by atoms with Crippen LogP contribution in [0.4, 0.5) is 0 Å². The Bertz CT molecular complexity index is 296. The quantitative estimate of drug-likeness (QED) is 0.286. The van der Waals surface area contributed by atoms with Crippen LogP contribution < -0.4 is 0 Å². The number of aliphatic hydroxyl groups is 1. The highest BCUT2D eigenvalue weighted by Crippen LogP contribution is 2.08. The highest BCUT2D eigenvalue weighted by atomic mass is 16.6. The van der Waals surface area contributed by atoms with E-state index in [2.05, 4.69) is 6.92 Å². The number of ether oxygens (including phenoxy) is 2. The largest absolute Gasteiger partial charge is 0.460 e. The Morgan fingerprint density at radius 3 is 2.47 bits per heavy atom. The number of hydrogen-bond donors (Lipinski definition) is 1. The van der Waals surface area contributed by atoms with Crippen molar-refractivity contribution >= 4 is 11.9 Å².